The van der Waals surface area contributed by atoms with Crippen LogP contribution in [0.4, 0.5) is 0 Å². The molecule has 1 unspecified atom stereocenters. The van der Waals surface area contributed by atoms with Crippen molar-refractivity contribution in [3.05, 3.63) is 0 Å². The van der Waals surface area contributed by atoms with Crippen LogP contribution in [0, 0.1) is 0 Å². The number of esters is 1. The van der Waals surface area contributed by atoms with E-state index in [9.17, 15) is 4.79 Å². The van der Waals surface area contributed by atoms with Crippen LogP contribution in [-0.4, -0.2) is 25.3 Å². The molecule has 1 aliphatic rings. The molecule has 1 fully saturated rings. The van der Waals surface area contributed by atoms with Gasteiger partial charge in [-0.15, -0.1) is 0 Å². The predicted molar refractivity (Wildman–Crippen MR) is 123 cm³/mol. The summed E-state index contributed by atoms with van der Waals surface area (Å²) in [5.41, 5.74) is 0. The zero-order chi connectivity index (χ0) is 20.8. The van der Waals surface area contributed by atoms with Gasteiger partial charge in [0.15, 0.2) is 0 Å². The van der Waals surface area contributed by atoms with Gasteiger partial charge in [-0.1, -0.05) is 129 Å². The first kappa shape index (κ1) is 26.5. The molecule has 0 aromatic carbocycles. The second-order valence-electron chi connectivity index (χ2n) is 9.11. The van der Waals surface area contributed by atoms with Crippen LogP contribution in [0.1, 0.15) is 142 Å². The van der Waals surface area contributed by atoms with Gasteiger partial charge < -0.3 is 9.47 Å². The largest absolute Gasteiger partial charge is 0.463 e. The van der Waals surface area contributed by atoms with Gasteiger partial charge >= 0.3 is 5.97 Å². The van der Waals surface area contributed by atoms with Gasteiger partial charge in [-0.3, -0.25) is 4.79 Å². The third-order valence-electron chi connectivity index (χ3n) is 6.07. The molecule has 1 saturated heterocycles. The summed E-state index contributed by atoms with van der Waals surface area (Å²) in [6.45, 7) is 3.50. The minimum atomic E-state index is -0.0529. The first-order valence-electron chi connectivity index (χ1n) is 13.1. The molecule has 1 heterocycles. The molecule has 172 valence electrons. The van der Waals surface area contributed by atoms with Gasteiger partial charge in [0.25, 0.3) is 0 Å². The van der Waals surface area contributed by atoms with Crippen LogP contribution in [0.25, 0.3) is 0 Å². The highest BCUT2D eigenvalue weighted by Crippen LogP contribution is 2.15. The molecule has 0 radical (unpaired) electrons. The van der Waals surface area contributed by atoms with E-state index < -0.39 is 0 Å². The van der Waals surface area contributed by atoms with Crippen LogP contribution in [-0.2, 0) is 14.3 Å². The summed E-state index contributed by atoms with van der Waals surface area (Å²) >= 11 is 0. The average molecular weight is 411 g/mol. The second kappa shape index (κ2) is 20.7. The van der Waals surface area contributed by atoms with Crippen LogP contribution >= 0.6 is 0 Å². The molecular formula is C26H50O3. The van der Waals surface area contributed by atoms with Gasteiger partial charge in [0, 0.05) is 6.42 Å². The molecule has 29 heavy (non-hydrogen) atoms. The normalized spacial score (nSPS) is 15.6. The lowest BCUT2D eigenvalue weighted by Crippen LogP contribution is -2.09. The van der Waals surface area contributed by atoms with E-state index in [0.29, 0.717) is 13.0 Å². The molecule has 0 saturated carbocycles. The average Bonchev–Trinajstić information content (AvgIpc) is 3.55. The predicted octanol–water partition coefficient (Wildman–Crippen LogP) is 8.14. The Kier molecular flexibility index (Phi) is 18.9. The molecule has 1 rings (SSSR count). The monoisotopic (exact) mass is 410 g/mol. The summed E-state index contributed by atoms with van der Waals surface area (Å²) in [6.07, 6.45) is 28.4. The zero-order valence-electron chi connectivity index (χ0n) is 19.6. The van der Waals surface area contributed by atoms with E-state index >= 15 is 0 Å². The molecule has 3 heteroatoms. The molecule has 0 aliphatic carbocycles. The Balaban J connectivity index is 1.63. The van der Waals surface area contributed by atoms with E-state index in [2.05, 4.69) is 6.92 Å². The number of carbonyl (C=O) groups excluding carboxylic acids is 1. The Bertz CT molecular complexity index is 352. The quantitative estimate of drug-likeness (QED) is 0.0969. The number of epoxide rings is 1. The highest BCUT2D eigenvalue weighted by molar-refractivity contribution is 5.69. The van der Waals surface area contributed by atoms with Crippen molar-refractivity contribution in [2.45, 2.75) is 148 Å². The van der Waals surface area contributed by atoms with Gasteiger partial charge in [0.05, 0.1) is 6.61 Å². The fourth-order valence-corrected chi connectivity index (χ4v) is 3.95. The molecule has 0 aromatic rings. The Morgan fingerprint density at radius 2 is 1.00 bits per heavy atom. The standard InChI is InChI=1S/C26H50O3/c1-2-3-4-5-6-7-8-9-10-11-12-13-14-15-16-17-18-19-20-21-22-26(27)29-24-25-23-28-25/h25H,2-24H2,1H3. The van der Waals surface area contributed by atoms with E-state index in [0.717, 1.165) is 19.4 Å². The van der Waals surface area contributed by atoms with Gasteiger partial charge in [0.1, 0.15) is 12.7 Å². The summed E-state index contributed by atoms with van der Waals surface area (Å²) in [6, 6.07) is 0. The fraction of sp³-hybridized carbons (Fsp3) is 0.962. The van der Waals surface area contributed by atoms with Crippen LogP contribution < -0.4 is 0 Å². The van der Waals surface area contributed by atoms with Crippen molar-refractivity contribution in [2.75, 3.05) is 13.2 Å². The Hall–Kier alpha value is -0.570. The fourth-order valence-electron chi connectivity index (χ4n) is 3.95. The SMILES string of the molecule is CCCCCCCCCCCCCCCCCCCCCCC(=O)OCC1CO1. The molecule has 1 atom stereocenters. The smallest absolute Gasteiger partial charge is 0.305 e. The van der Waals surface area contributed by atoms with Crippen molar-refractivity contribution < 1.29 is 14.3 Å². The number of ether oxygens (including phenoxy) is 2. The molecule has 0 aromatic heterocycles. The Morgan fingerprint density at radius 1 is 0.655 bits per heavy atom. The zero-order valence-corrected chi connectivity index (χ0v) is 19.6. The van der Waals surface area contributed by atoms with Crippen molar-refractivity contribution in [2.24, 2.45) is 0 Å². The maximum Gasteiger partial charge on any atom is 0.305 e. The van der Waals surface area contributed by atoms with E-state index in [-0.39, 0.29) is 12.1 Å². The number of hydrogen-bond acceptors (Lipinski definition) is 3. The summed E-state index contributed by atoms with van der Waals surface area (Å²) in [4.78, 5) is 11.5. The highest BCUT2D eigenvalue weighted by atomic mass is 16.6. The number of hydrogen-bond donors (Lipinski definition) is 0. The first-order chi connectivity index (χ1) is 14.3. The lowest BCUT2D eigenvalue weighted by atomic mass is 10.0. The lowest BCUT2D eigenvalue weighted by Gasteiger charge is -2.04. The van der Waals surface area contributed by atoms with Crippen LogP contribution in [0.15, 0.2) is 0 Å². The molecule has 0 spiro atoms. The second-order valence-corrected chi connectivity index (χ2v) is 9.11. The van der Waals surface area contributed by atoms with Crippen molar-refractivity contribution in [3.8, 4) is 0 Å². The van der Waals surface area contributed by atoms with Gasteiger partial charge in [-0.05, 0) is 6.42 Å². The van der Waals surface area contributed by atoms with E-state index in [4.69, 9.17) is 9.47 Å². The summed E-state index contributed by atoms with van der Waals surface area (Å²) in [5, 5.41) is 0. The number of carbonyl (C=O) groups is 1. The van der Waals surface area contributed by atoms with Crippen molar-refractivity contribution in [3.63, 3.8) is 0 Å². The van der Waals surface area contributed by atoms with E-state index in [1.807, 2.05) is 0 Å². The van der Waals surface area contributed by atoms with Crippen molar-refractivity contribution in [1.29, 1.82) is 0 Å². The van der Waals surface area contributed by atoms with Crippen molar-refractivity contribution >= 4 is 5.97 Å². The molecule has 0 bridgehead atoms. The van der Waals surface area contributed by atoms with E-state index in [1.54, 1.807) is 0 Å². The van der Waals surface area contributed by atoms with Gasteiger partial charge in [0.2, 0.25) is 0 Å². The minimum Gasteiger partial charge on any atom is -0.463 e. The number of unbranched alkanes of at least 4 members (excludes halogenated alkanes) is 19. The summed E-state index contributed by atoms with van der Waals surface area (Å²) in [7, 11) is 0. The molecule has 1 aliphatic heterocycles. The molecular weight excluding hydrogens is 360 g/mol. The molecule has 0 amide bonds. The molecule has 3 nitrogen and oxygen atoms in total. The lowest BCUT2D eigenvalue weighted by molar-refractivity contribution is -0.144. The summed E-state index contributed by atoms with van der Waals surface area (Å²) in [5.74, 6) is -0.0529. The van der Waals surface area contributed by atoms with Crippen LogP contribution in [0.3, 0.4) is 0 Å². The Labute approximate surface area is 181 Å². The third kappa shape index (κ3) is 20.5. The van der Waals surface area contributed by atoms with E-state index in [1.165, 1.54) is 116 Å². The first-order valence-corrected chi connectivity index (χ1v) is 13.1. The third-order valence-corrected chi connectivity index (χ3v) is 6.07. The van der Waals surface area contributed by atoms with Crippen molar-refractivity contribution in [1.82, 2.24) is 0 Å². The van der Waals surface area contributed by atoms with Gasteiger partial charge in [-0.2, -0.15) is 0 Å². The molecule has 0 N–H and O–H groups in total. The van der Waals surface area contributed by atoms with Crippen LogP contribution in [0.2, 0.25) is 0 Å². The maximum atomic E-state index is 11.5. The van der Waals surface area contributed by atoms with Crippen LogP contribution in [0.5, 0.6) is 0 Å². The topological polar surface area (TPSA) is 38.8 Å². The number of rotatable bonds is 23. The maximum absolute atomic E-state index is 11.5. The summed E-state index contributed by atoms with van der Waals surface area (Å²) < 4.78 is 10.2. The highest BCUT2D eigenvalue weighted by Gasteiger charge is 2.23. The Morgan fingerprint density at radius 3 is 1.34 bits per heavy atom. The minimum absolute atomic E-state index is 0.0529. The van der Waals surface area contributed by atoms with Gasteiger partial charge in [-0.25, -0.2) is 0 Å².